The lowest BCUT2D eigenvalue weighted by Crippen LogP contribution is -2.01. The van der Waals surface area contributed by atoms with Gasteiger partial charge in [-0.25, -0.2) is 9.37 Å². The molecule has 2 aromatic carbocycles. The summed E-state index contributed by atoms with van der Waals surface area (Å²) in [7, 11) is 0. The number of imidazole rings is 1. The van der Waals surface area contributed by atoms with Gasteiger partial charge in [-0.2, -0.15) is 0 Å². The minimum atomic E-state index is -0.230. The molecule has 4 aromatic rings. The highest BCUT2D eigenvalue weighted by Gasteiger charge is 2.15. The summed E-state index contributed by atoms with van der Waals surface area (Å²) in [6.07, 6.45) is 0. The zero-order valence-corrected chi connectivity index (χ0v) is 14.5. The van der Waals surface area contributed by atoms with Crippen molar-refractivity contribution >= 4 is 34.0 Å². The molecule has 0 spiro atoms. The molecule has 0 aliphatic carbocycles. The molecule has 0 radical (unpaired) electrons. The lowest BCUT2D eigenvalue weighted by Gasteiger charge is -2.09. The molecule has 0 amide bonds. The number of fused-ring (bicyclic) bond motifs is 1. The number of aryl methyl sites for hydroxylation is 1. The van der Waals surface area contributed by atoms with Gasteiger partial charge in [0.15, 0.2) is 5.82 Å². The summed E-state index contributed by atoms with van der Waals surface area (Å²) in [5.74, 6) is 0.682. The number of halogens is 2. The molecule has 0 saturated heterocycles. The van der Waals surface area contributed by atoms with Crippen LogP contribution in [0.3, 0.4) is 0 Å². The topological polar surface area (TPSA) is 17.8 Å². The first-order valence-electron chi connectivity index (χ1n) is 7.57. The van der Waals surface area contributed by atoms with Gasteiger partial charge in [-0.15, -0.1) is 11.3 Å². The fraction of sp³-hybridized carbons (Fsp3) is 0.105. The molecule has 0 fully saturated rings. The lowest BCUT2D eigenvalue weighted by atomic mass is 10.2. The highest BCUT2D eigenvalue weighted by atomic mass is 35.5. The van der Waals surface area contributed by atoms with Crippen molar-refractivity contribution in [1.29, 1.82) is 0 Å². The van der Waals surface area contributed by atoms with Crippen LogP contribution in [0, 0.1) is 12.7 Å². The molecule has 120 valence electrons. The van der Waals surface area contributed by atoms with Gasteiger partial charge in [0.2, 0.25) is 0 Å². The van der Waals surface area contributed by atoms with Gasteiger partial charge in [0.05, 0.1) is 15.9 Å². The van der Waals surface area contributed by atoms with Crippen LogP contribution in [0.1, 0.15) is 10.4 Å². The Kier molecular flexibility index (Phi) is 3.87. The minimum absolute atomic E-state index is 0.230. The maximum Gasteiger partial charge on any atom is 0.151 e. The quantitative estimate of drug-likeness (QED) is 0.446. The molecule has 4 rings (SSSR count). The molecular weight excluding hydrogens is 343 g/mol. The SMILES string of the molecule is Cc1ccc(-c2nc3ccc(Cl)cc3n2Cc2ccc(F)cc2)s1. The van der Waals surface area contributed by atoms with Crippen molar-refractivity contribution in [3.8, 4) is 10.7 Å². The summed E-state index contributed by atoms with van der Waals surface area (Å²) in [6.45, 7) is 2.70. The molecular formula is C19H14ClFN2S. The normalized spacial score (nSPS) is 11.3. The number of hydrogen-bond acceptors (Lipinski definition) is 2. The van der Waals surface area contributed by atoms with Crippen LogP contribution in [-0.2, 0) is 6.54 Å². The second kappa shape index (κ2) is 6.04. The number of thiophene rings is 1. The lowest BCUT2D eigenvalue weighted by molar-refractivity contribution is 0.626. The fourth-order valence-corrected chi connectivity index (χ4v) is 3.80. The molecule has 24 heavy (non-hydrogen) atoms. The van der Waals surface area contributed by atoms with Gasteiger partial charge in [-0.1, -0.05) is 23.7 Å². The summed E-state index contributed by atoms with van der Waals surface area (Å²) in [6, 6.07) is 16.5. The van der Waals surface area contributed by atoms with Gasteiger partial charge in [0, 0.05) is 16.4 Å². The Balaban J connectivity index is 1.89. The van der Waals surface area contributed by atoms with E-state index in [4.69, 9.17) is 16.6 Å². The summed E-state index contributed by atoms with van der Waals surface area (Å²) < 4.78 is 15.3. The molecule has 2 nitrogen and oxygen atoms in total. The molecule has 0 N–H and O–H groups in total. The fourth-order valence-electron chi connectivity index (χ4n) is 2.77. The third-order valence-corrected chi connectivity index (χ3v) is 5.16. The first kappa shape index (κ1) is 15.4. The average molecular weight is 357 g/mol. The number of nitrogens with zero attached hydrogens (tertiary/aromatic N) is 2. The second-order valence-corrected chi connectivity index (χ2v) is 7.42. The van der Waals surface area contributed by atoms with Crippen molar-refractivity contribution in [2.24, 2.45) is 0 Å². The van der Waals surface area contributed by atoms with Crippen LogP contribution in [0.2, 0.25) is 5.02 Å². The third-order valence-electron chi connectivity index (χ3n) is 3.92. The van der Waals surface area contributed by atoms with Gasteiger partial charge in [0.25, 0.3) is 0 Å². The maximum absolute atomic E-state index is 13.2. The van der Waals surface area contributed by atoms with E-state index in [1.165, 1.54) is 17.0 Å². The van der Waals surface area contributed by atoms with E-state index in [0.29, 0.717) is 11.6 Å². The van der Waals surface area contributed by atoms with E-state index in [2.05, 4.69) is 23.6 Å². The molecule has 0 saturated carbocycles. The molecule has 0 unspecified atom stereocenters. The molecule has 2 aromatic heterocycles. The van der Waals surface area contributed by atoms with Crippen molar-refractivity contribution < 1.29 is 4.39 Å². The molecule has 2 heterocycles. The number of rotatable bonds is 3. The Morgan fingerprint density at radius 2 is 1.88 bits per heavy atom. The van der Waals surface area contributed by atoms with E-state index >= 15 is 0 Å². The summed E-state index contributed by atoms with van der Waals surface area (Å²) in [4.78, 5) is 7.14. The summed E-state index contributed by atoms with van der Waals surface area (Å²) in [5, 5.41) is 0.677. The monoisotopic (exact) mass is 356 g/mol. The highest BCUT2D eigenvalue weighted by molar-refractivity contribution is 7.15. The van der Waals surface area contributed by atoms with Crippen molar-refractivity contribution in [1.82, 2.24) is 9.55 Å². The maximum atomic E-state index is 13.2. The second-order valence-electron chi connectivity index (χ2n) is 5.69. The van der Waals surface area contributed by atoms with Crippen LogP contribution in [0.25, 0.3) is 21.7 Å². The van der Waals surface area contributed by atoms with Gasteiger partial charge >= 0.3 is 0 Å². The van der Waals surface area contributed by atoms with Crippen LogP contribution < -0.4 is 0 Å². The molecule has 0 aliphatic heterocycles. The van der Waals surface area contributed by atoms with E-state index in [-0.39, 0.29) is 5.82 Å². The van der Waals surface area contributed by atoms with E-state index < -0.39 is 0 Å². The Bertz CT molecular complexity index is 1020. The molecule has 0 atom stereocenters. The number of hydrogen-bond donors (Lipinski definition) is 0. The zero-order valence-electron chi connectivity index (χ0n) is 13.0. The first-order valence-corrected chi connectivity index (χ1v) is 8.76. The predicted molar refractivity (Wildman–Crippen MR) is 98.3 cm³/mol. The largest absolute Gasteiger partial charge is 0.319 e. The van der Waals surface area contributed by atoms with Crippen molar-refractivity contribution in [3.63, 3.8) is 0 Å². The van der Waals surface area contributed by atoms with E-state index in [0.717, 1.165) is 27.3 Å². The van der Waals surface area contributed by atoms with Crippen LogP contribution >= 0.6 is 22.9 Å². The molecule has 5 heteroatoms. The van der Waals surface area contributed by atoms with Crippen molar-refractivity contribution in [2.75, 3.05) is 0 Å². The van der Waals surface area contributed by atoms with Gasteiger partial charge in [0.1, 0.15) is 5.82 Å². The van der Waals surface area contributed by atoms with E-state index in [9.17, 15) is 4.39 Å². The van der Waals surface area contributed by atoms with Gasteiger partial charge in [-0.3, -0.25) is 0 Å². The number of benzene rings is 2. The number of aromatic nitrogens is 2. The van der Waals surface area contributed by atoms with E-state index in [1.807, 2.05) is 18.2 Å². The Morgan fingerprint density at radius 1 is 1.08 bits per heavy atom. The Hall–Kier alpha value is -2.17. The van der Waals surface area contributed by atoms with Gasteiger partial charge in [-0.05, 0) is 55.0 Å². The van der Waals surface area contributed by atoms with Gasteiger partial charge < -0.3 is 4.57 Å². The molecule has 0 aliphatic rings. The van der Waals surface area contributed by atoms with Crippen molar-refractivity contribution in [2.45, 2.75) is 13.5 Å². The smallest absolute Gasteiger partial charge is 0.151 e. The summed E-state index contributed by atoms with van der Waals surface area (Å²) in [5.41, 5.74) is 2.90. The molecule has 0 bridgehead atoms. The summed E-state index contributed by atoms with van der Waals surface area (Å²) >= 11 is 7.90. The Labute approximate surface area is 148 Å². The van der Waals surface area contributed by atoms with Crippen LogP contribution in [0.5, 0.6) is 0 Å². The zero-order chi connectivity index (χ0) is 16.7. The first-order chi connectivity index (χ1) is 11.6. The minimum Gasteiger partial charge on any atom is -0.319 e. The van der Waals surface area contributed by atoms with Crippen LogP contribution in [0.4, 0.5) is 4.39 Å². The Morgan fingerprint density at radius 3 is 2.58 bits per heavy atom. The predicted octanol–water partition coefficient (Wildman–Crippen LogP) is 5.91. The standard InChI is InChI=1S/C19H14ClFN2S/c1-12-2-9-18(24-12)19-22-16-8-5-14(20)10-17(16)23(19)11-13-3-6-15(21)7-4-13/h2-10H,11H2,1H3. The third kappa shape index (κ3) is 2.83. The average Bonchev–Trinajstić information content (AvgIpc) is 3.14. The highest BCUT2D eigenvalue weighted by Crippen LogP contribution is 2.32. The van der Waals surface area contributed by atoms with Crippen LogP contribution in [0.15, 0.2) is 54.6 Å². The van der Waals surface area contributed by atoms with Crippen LogP contribution in [-0.4, -0.2) is 9.55 Å². The van der Waals surface area contributed by atoms with Crippen molar-refractivity contribution in [3.05, 3.63) is 75.9 Å². The van der Waals surface area contributed by atoms with E-state index in [1.54, 1.807) is 23.5 Å².